The number of hydrogen-bond donors (Lipinski definition) is 1. The van der Waals surface area contributed by atoms with Crippen LogP contribution in [-0.4, -0.2) is 25.5 Å². The Bertz CT molecular complexity index is 616. The molecule has 7 nitrogen and oxygen atoms in total. The Morgan fingerprint density at radius 1 is 1.35 bits per heavy atom. The average Bonchev–Trinajstić information content (AvgIpc) is 2.99. The van der Waals surface area contributed by atoms with Gasteiger partial charge < -0.3 is 4.42 Å². The van der Waals surface area contributed by atoms with E-state index < -0.39 is 0 Å². The van der Waals surface area contributed by atoms with Crippen LogP contribution < -0.4 is 5.43 Å². The molecular formula is C10H7N5O2. The molecule has 0 atom stereocenters. The van der Waals surface area contributed by atoms with Crippen LogP contribution in [0.2, 0.25) is 0 Å². The van der Waals surface area contributed by atoms with Crippen molar-refractivity contribution in [1.29, 1.82) is 0 Å². The van der Waals surface area contributed by atoms with Crippen LogP contribution in [0.5, 0.6) is 0 Å². The van der Waals surface area contributed by atoms with Crippen LogP contribution in [0.3, 0.4) is 0 Å². The van der Waals surface area contributed by atoms with E-state index in [1.54, 1.807) is 18.3 Å². The highest BCUT2D eigenvalue weighted by molar-refractivity contribution is 5.97. The minimum atomic E-state index is -0.360. The van der Waals surface area contributed by atoms with E-state index in [1.807, 2.05) is 0 Å². The molecule has 0 aliphatic carbocycles. The van der Waals surface area contributed by atoms with Crippen molar-refractivity contribution in [1.82, 2.24) is 19.6 Å². The lowest BCUT2D eigenvalue weighted by Gasteiger charge is -2.07. The summed E-state index contributed by atoms with van der Waals surface area (Å²) >= 11 is 0. The Labute approximate surface area is 95.4 Å². The number of rotatable bonds is 2. The van der Waals surface area contributed by atoms with Gasteiger partial charge in [-0.05, 0) is 12.1 Å². The standard InChI is InChI=1S/C10H7N5O2/c16-10(8-2-1-3-17-8)14-15-4-7-9(13-6-15)12-5-11-7/h1-6H,(H,14,16). The third-order valence-corrected chi connectivity index (χ3v) is 2.15. The number of carbonyl (C=O) groups is 1. The predicted octanol–water partition coefficient (Wildman–Crippen LogP) is 0.755. The van der Waals surface area contributed by atoms with Crippen LogP contribution in [0, 0.1) is 0 Å². The molecule has 17 heavy (non-hydrogen) atoms. The van der Waals surface area contributed by atoms with E-state index in [9.17, 15) is 4.79 Å². The maximum Gasteiger partial charge on any atom is 0.305 e. The van der Waals surface area contributed by atoms with Gasteiger partial charge in [-0.25, -0.2) is 19.6 Å². The topological polar surface area (TPSA) is 85.8 Å². The zero-order valence-electron chi connectivity index (χ0n) is 8.57. The minimum absolute atomic E-state index is 0.228. The first kappa shape index (κ1) is 9.52. The second kappa shape index (κ2) is 3.71. The fraction of sp³-hybridized carbons (Fsp3) is 0. The largest absolute Gasteiger partial charge is 0.459 e. The zero-order valence-corrected chi connectivity index (χ0v) is 8.57. The molecule has 2 aliphatic rings. The number of imidazole rings is 1. The Hall–Kier alpha value is -2.70. The van der Waals surface area contributed by atoms with Crippen molar-refractivity contribution >= 4 is 5.91 Å². The molecule has 1 aromatic heterocycles. The summed E-state index contributed by atoms with van der Waals surface area (Å²) < 4.78 is 6.37. The molecule has 3 rings (SSSR count). The fourth-order valence-corrected chi connectivity index (χ4v) is 1.38. The molecule has 84 valence electrons. The third-order valence-electron chi connectivity index (χ3n) is 2.15. The third kappa shape index (κ3) is 1.73. The van der Waals surface area contributed by atoms with E-state index >= 15 is 0 Å². The first-order chi connectivity index (χ1) is 8.33. The number of carbonyl (C=O) groups excluding carboxylic acids is 1. The van der Waals surface area contributed by atoms with Crippen LogP contribution in [-0.2, 0) is 0 Å². The Morgan fingerprint density at radius 2 is 2.29 bits per heavy atom. The number of hydrogen-bond acceptors (Lipinski definition) is 5. The normalized spacial score (nSPS) is 10.6. The average molecular weight is 229 g/mol. The van der Waals surface area contributed by atoms with Crippen molar-refractivity contribution in [2.75, 3.05) is 5.43 Å². The number of fused-ring (bicyclic) bond motifs is 1. The van der Waals surface area contributed by atoms with Gasteiger partial charge in [-0.15, -0.1) is 0 Å². The smallest absolute Gasteiger partial charge is 0.305 e. The predicted molar refractivity (Wildman–Crippen MR) is 56.8 cm³/mol. The maximum absolute atomic E-state index is 11.7. The van der Waals surface area contributed by atoms with Crippen LogP contribution in [0.25, 0.3) is 11.5 Å². The van der Waals surface area contributed by atoms with Gasteiger partial charge in [0, 0.05) is 0 Å². The molecule has 1 N–H and O–H groups in total. The van der Waals surface area contributed by atoms with Crippen molar-refractivity contribution < 1.29 is 9.21 Å². The highest BCUT2D eigenvalue weighted by Crippen LogP contribution is 2.10. The second-order valence-corrected chi connectivity index (χ2v) is 3.28. The molecule has 1 aromatic rings. The van der Waals surface area contributed by atoms with Crippen LogP contribution in [0.4, 0.5) is 0 Å². The van der Waals surface area contributed by atoms with Crippen LogP contribution in [0.1, 0.15) is 10.6 Å². The quantitative estimate of drug-likeness (QED) is 0.700. The van der Waals surface area contributed by atoms with Crippen molar-refractivity contribution in [2.45, 2.75) is 0 Å². The summed E-state index contributed by atoms with van der Waals surface area (Å²) in [6, 6.07) is 3.22. The SMILES string of the molecule is O=C(Nn1cnc2ncnc-2c1)c1ccco1. The molecule has 0 radical (unpaired) electrons. The maximum atomic E-state index is 11.7. The van der Waals surface area contributed by atoms with E-state index in [1.165, 1.54) is 23.6 Å². The van der Waals surface area contributed by atoms with Gasteiger partial charge in [-0.1, -0.05) is 0 Å². The van der Waals surface area contributed by atoms with Gasteiger partial charge in [0.05, 0.1) is 12.5 Å². The van der Waals surface area contributed by atoms with Crippen LogP contribution >= 0.6 is 0 Å². The lowest BCUT2D eigenvalue weighted by Crippen LogP contribution is -2.22. The Kier molecular flexibility index (Phi) is 2.08. The van der Waals surface area contributed by atoms with Crippen molar-refractivity contribution in [2.24, 2.45) is 0 Å². The summed E-state index contributed by atoms with van der Waals surface area (Å²) in [7, 11) is 0. The summed E-state index contributed by atoms with van der Waals surface area (Å²) in [5, 5.41) is 0. The first-order valence-electron chi connectivity index (χ1n) is 4.82. The van der Waals surface area contributed by atoms with Gasteiger partial charge in [0.1, 0.15) is 18.3 Å². The van der Waals surface area contributed by atoms with Gasteiger partial charge in [-0.3, -0.25) is 10.2 Å². The molecular weight excluding hydrogens is 222 g/mol. The molecule has 0 spiro atoms. The Balaban J connectivity index is 1.86. The summed E-state index contributed by atoms with van der Waals surface area (Å²) in [6.07, 6.45) is 5.91. The lowest BCUT2D eigenvalue weighted by atomic mass is 10.4. The molecule has 3 heterocycles. The first-order valence-corrected chi connectivity index (χ1v) is 4.82. The number of amides is 1. The number of aromatic nitrogens is 4. The summed E-state index contributed by atoms with van der Waals surface area (Å²) in [4.78, 5) is 23.6. The highest BCUT2D eigenvalue weighted by atomic mass is 16.3. The van der Waals surface area contributed by atoms with Crippen molar-refractivity contribution in [3.8, 4) is 11.5 Å². The Morgan fingerprint density at radius 3 is 3.12 bits per heavy atom. The van der Waals surface area contributed by atoms with Crippen LogP contribution in [0.15, 0.2) is 41.7 Å². The van der Waals surface area contributed by atoms with E-state index in [-0.39, 0.29) is 11.7 Å². The van der Waals surface area contributed by atoms with Gasteiger partial charge in [-0.2, -0.15) is 0 Å². The van der Waals surface area contributed by atoms with E-state index in [4.69, 9.17) is 4.42 Å². The van der Waals surface area contributed by atoms with E-state index in [0.717, 1.165) is 0 Å². The molecule has 0 saturated carbocycles. The van der Waals surface area contributed by atoms with Crippen molar-refractivity contribution in [3.63, 3.8) is 0 Å². The second-order valence-electron chi connectivity index (χ2n) is 3.28. The molecule has 0 aromatic carbocycles. The number of nitrogens with one attached hydrogen (secondary N) is 1. The van der Waals surface area contributed by atoms with Gasteiger partial charge in [0.15, 0.2) is 11.6 Å². The monoisotopic (exact) mass is 229 g/mol. The van der Waals surface area contributed by atoms with Gasteiger partial charge in [0.2, 0.25) is 0 Å². The molecule has 2 aliphatic heterocycles. The number of nitrogens with zero attached hydrogens (tertiary/aromatic N) is 4. The van der Waals surface area contributed by atoms with Crippen molar-refractivity contribution in [3.05, 3.63) is 43.0 Å². The molecule has 0 bridgehead atoms. The fourth-order valence-electron chi connectivity index (χ4n) is 1.38. The molecule has 0 fully saturated rings. The molecule has 1 amide bonds. The zero-order chi connectivity index (χ0) is 11.7. The lowest BCUT2D eigenvalue weighted by molar-refractivity contribution is 0.0981. The number of furan rings is 1. The minimum Gasteiger partial charge on any atom is -0.459 e. The summed E-state index contributed by atoms with van der Waals surface area (Å²) in [5.41, 5.74) is 3.18. The van der Waals surface area contributed by atoms with E-state index in [2.05, 4.69) is 20.4 Å². The highest BCUT2D eigenvalue weighted by Gasteiger charge is 2.11. The molecule has 0 unspecified atom stereocenters. The van der Waals surface area contributed by atoms with Gasteiger partial charge in [0.25, 0.3) is 0 Å². The summed E-state index contributed by atoms with van der Waals surface area (Å²) in [6.45, 7) is 0. The summed E-state index contributed by atoms with van der Waals surface area (Å²) in [5.74, 6) is 0.403. The molecule has 7 heteroatoms. The molecule has 0 saturated heterocycles. The van der Waals surface area contributed by atoms with Gasteiger partial charge >= 0.3 is 5.91 Å². The van der Waals surface area contributed by atoms with E-state index in [0.29, 0.717) is 11.5 Å².